The summed E-state index contributed by atoms with van der Waals surface area (Å²) >= 11 is 0. The molecule has 0 atom stereocenters. The number of carbonyl (C=O) groups is 1. The number of nitro groups is 2. The fourth-order valence-electron chi connectivity index (χ4n) is 3.82. The zero-order valence-corrected chi connectivity index (χ0v) is 24.8. The first-order valence-corrected chi connectivity index (χ1v) is 13.4. The van der Waals surface area contributed by atoms with Crippen molar-refractivity contribution in [2.24, 2.45) is 20.5 Å². The van der Waals surface area contributed by atoms with Gasteiger partial charge in [-0.3, -0.25) is 20.2 Å². The van der Waals surface area contributed by atoms with Crippen molar-refractivity contribution in [3.8, 4) is 17.2 Å². The highest BCUT2D eigenvalue weighted by Gasteiger charge is 2.13. The first-order chi connectivity index (χ1) is 22.2. The van der Waals surface area contributed by atoms with E-state index in [4.69, 9.17) is 18.9 Å². The summed E-state index contributed by atoms with van der Waals surface area (Å²) in [5.41, 5.74) is 2.37. The van der Waals surface area contributed by atoms with Crippen LogP contribution in [0.4, 0.5) is 44.6 Å². The Balaban J connectivity index is 1.33. The van der Waals surface area contributed by atoms with Gasteiger partial charge < -0.3 is 23.8 Å². The third-order valence-electron chi connectivity index (χ3n) is 6.27. The number of nitrogens with zero attached hydrogens (tertiary/aromatic N) is 7. The number of likely N-dealkylation sites (N-methyl/N-ethyl adjacent to an activating group) is 1. The van der Waals surface area contributed by atoms with Crippen LogP contribution in [0.1, 0.15) is 0 Å². The minimum Gasteiger partial charge on any atom is -0.494 e. The Morgan fingerprint density at radius 1 is 0.717 bits per heavy atom. The molecule has 0 aromatic heterocycles. The van der Waals surface area contributed by atoms with Crippen molar-refractivity contribution < 1.29 is 33.6 Å². The SMILES string of the molecule is COc1cc(N=Nc2ccc([N+](=O)[O-])cc2)c(OC)cc1N=Nc1ccc(N(C)CCOC(=O)Oc2ccc([N+](=O)[O-])cc2)cc1. The summed E-state index contributed by atoms with van der Waals surface area (Å²) in [6, 6.07) is 21.1. The predicted molar refractivity (Wildman–Crippen MR) is 166 cm³/mol. The molecule has 0 aliphatic heterocycles. The molecule has 0 aliphatic carbocycles. The third kappa shape index (κ3) is 8.79. The summed E-state index contributed by atoms with van der Waals surface area (Å²) < 4.78 is 21.0. The molecular formula is C30H27N7O9. The summed E-state index contributed by atoms with van der Waals surface area (Å²) in [5, 5.41) is 38.5. The second-order valence-corrected chi connectivity index (χ2v) is 9.26. The van der Waals surface area contributed by atoms with Crippen LogP contribution in [-0.2, 0) is 4.74 Å². The lowest BCUT2D eigenvalue weighted by Crippen LogP contribution is -2.24. The minimum absolute atomic E-state index is 0.0365. The van der Waals surface area contributed by atoms with Crippen molar-refractivity contribution in [2.75, 3.05) is 39.3 Å². The molecule has 0 aliphatic rings. The van der Waals surface area contributed by atoms with Crippen LogP contribution in [0, 0.1) is 20.2 Å². The van der Waals surface area contributed by atoms with Gasteiger partial charge in [-0.25, -0.2) is 4.79 Å². The molecule has 0 N–H and O–H groups in total. The van der Waals surface area contributed by atoms with E-state index in [1.807, 2.05) is 24.1 Å². The van der Waals surface area contributed by atoms with E-state index in [0.29, 0.717) is 40.8 Å². The van der Waals surface area contributed by atoms with Crippen LogP contribution in [0.3, 0.4) is 0 Å². The topological polar surface area (TPSA) is 193 Å². The molecule has 0 bridgehead atoms. The van der Waals surface area contributed by atoms with Gasteiger partial charge in [-0.15, -0.1) is 10.2 Å². The highest BCUT2D eigenvalue weighted by Crippen LogP contribution is 2.41. The van der Waals surface area contributed by atoms with Gasteiger partial charge in [0.05, 0.1) is 42.0 Å². The summed E-state index contributed by atoms with van der Waals surface area (Å²) in [4.78, 5) is 34.3. The second kappa shape index (κ2) is 15.3. The van der Waals surface area contributed by atoms with E-state index >= 15 is 0 Å². The molecule has 16 nitrogen and oxygen atoms in total. The van der Waals surface area contributed by atoms with Gasteiger partial charge in [-0.2, -0.15) is 10.2 Å². The molecule has 0 saturated carbocycles. The highest BCUT2D eigenvalue weighted by atomic mass is 16.7. The van der Waals surface area contributed by atoms with Crippen molar-refractivity contribution in [1.29, 1.82) is 0 Å². The van der Waals surface area contributed by atoms with Gasteiger partial charge in [0.15, 0.2) is 0 Å². The van der Waals surface area contributed by atoms with Gasteiger partial charge in [0.1, 0.15) is 35.2 Å². The van der Waals surface area contributed by atoms with E-state index in [-0.39, 0.29) is 23.7 Å². The number of anilines is 1. The van der Waals surface area contributed by atoms with Crippen molar-refractivity contribution in [3.05, 3.63) is 105 Å². The van der Waals surface area contributed by atoms with Crippen LogP contribution in [-0.4, -0.2) is 50.4 Å². The van der Waals surface area contributed by atoms with Crippen molar-refractivity contribution in [2.45, 2.75) is 0 Å². The Labute approximate surface area is 261 Å². The van der Waals surface area contributed by atoms with Crippen LogP contribution in [0.25, 0.3) is 0 Å². The molecule has 16 heteroatoms. The highest BCUT2D eigenvalue weighted by molar-refractivity contribution is 5.67. The first kappa shape index (κ1) is 32.5. The number of azo groups is 2. The van der Waals surface area contributed by atoms with Crippen molar-refractivity contribution in [3.63, 3.8) is 0 Å². The van der Waals surface area contributed by atoms with E-state index in [1.165, 1.54) is 62.8 Å². The average molecular weight is 630 g/mol. The molecule has 46 heavy (non-hydrogen) atoms. The quantitative estimate of drug-likeness (QED) is 0.0459. The number of benzene rings is 4. The van der Waals surface area contributed by atoms with E-state index in [2.05, 4.69) is 20.5 Å². The second-order valence-electron chi connectivity index (χ2n) is 9.26. The number of methoxy groups -OCH3 is 2. The van der Waals surface area contributed by atoms with Crippen LogP contribution in [0.2, 0.25) is 0 Å². The summed E-state index contributed by atoms with van der Waals surface area (Å²) in [6.45, 7) is 0.399. The van der Waals surface area contributed by atoms with Crippen molar-refractivity contribution >= 4 is 46.0 Å². The maximum atomic E-state index is 11.9. The maximum Gasteiger partial charge on any atom is 0.513 e. The number of nitro benzene ring substituents is 2. The number of carbonyl (C=O) groups excluding carboxylic acids is 1. The summed E-state index contributed by atoms with van der Waals surface area (Å²) in [6.07, 6.45) is -0.925. The molecule has 0 amide bonds. The molecule has 0 unspecified atom stereocenters. The Hall–Kier alpha value is -6.45. The minimum atomic E-state index is -0.925. The third-order valence-corrected chi connectivity index (χ3v) is 6.27. The molecule has 4 rings (SSSR count). The van der Waals surface area contributed by atoms with E-state index in [1.54, 1.807) is 24.3 Å². The fraction of sp³-hybridized carbons (Fsp3) is 0.167. The predicted octanol–water partition coefficient (Wildman–Crippen LogP) is 8.00. The number of ether oxygens (including phenoxy) is 4. The number of rotatable bonds is 13. The van der Waals surface area contributed by atoms with Crippen LogP contribution in [0.5, 0.6) is 17.2 Å². The van der Waals surface area contributed by atoms with Gasteiger partial charge in [-0.05, 0) is 48.5 Å². The van der Waals surface area contributed by atoms with E-state index in [9.17, 15) is 25.0 Å². The van der Waals surface area contributed by atoms with Gasteiger partial charge in [-0.1, -0.05) is 0 Å². The van der Waals surface area contributed by atoms with Crippen LogP contribution >= 0.6 is 0 Å². The zero-order chi connectivity index (χ0) is 33.1. The number of non-ortho nitro benzene ring substituents is 2. The van der Waals surface area contributed by atoms with Gasteiger partial charge in [0.2, 0.25) is 0 Å². The standard InChI is InChI=1S/C30H27N7O9/c1-35(16-17-45-30(38)46-25-14-12-24(13-15-25)37(41)42)22-8-4-20(5-9-22)31-33-26-18-29(44-3)27(19-28(26)43-2)34-32-21-6-10-23(11-7-21)36(39)40/h4-15,18-19H,16-17H2,1-3H3. The lowest BCUT2D eigenvalue weighted by Gasteiger charge is -2.19. The smallest absolute Gasteiger partial charge is 0.494 e. The Morgan fingerprint density at radius 3 is 1.63 bits per heavy atom. The average Bonchev–Trinajstić information content (AvgIpc) is 3.06. The van der Waals surface area contributed by atoms with E-state index in [0.717, 1.165) is 5.69 Å². The molecule has 236 valence electrons. The number of hydrogen-bond donors (Lipinski definition) is 0. The molecule has 4 aromatic carbocycles. The first-order valence-electron chi connectivity index (χ1n) is 13.4. The Kier molecular flexibility index (Phi) is 10.8. The molecule has 4 aromatic rings. The fourth-order valence-corrected chi connectivity index (χ4v) is 3.82. The zero-order valence-electron chi connectivity index (χ0n) is 24.8. The van der Waals surface area contributed by atoms with E-state index < -0.39 is 16.0 Å². The maximum absolute atomic E-state index is 11.9. The Bertz CT molecular complexity index is 1740. The summed E-state index contributed by atoms with van der Waals surface area (Å²) in [5.74, 6) is 0.854. The lowest BCUT2D eigenvalue weighted by atomic mass is 10.2. The molecule has 0 saturated heterocycles. The van der Waals surface area contributed by atoms with Gasteiger partial charge >= 0.3 is 6.16 Å². The monoisotopic (exact) mass is 629 g/mol. The van der Waals surface area contributed by atoms with Crippen molar-refractivity contribution in [1.82, 2.24) is 0 Å². The Morgan fingerprint density at radius 2 is 1.17 bits per heavy atom. The normalized spacial score (nSPS) is 10.9. The lowest BCUT2D eigenvalue weighted by molar-refractivity contribution is -0.385. The summed E-state index contributed by atoms with van der Waals surface area (Å²) in [7, 11) is 4.76. The van der Waals surface area contributed by atoms with Gasteiger partial charge in [0.25, 0.3) is 11.4 Å². The van der Waals surface area contributed by atoms with Crippen LogP contribution < -0.4 is 19.1 Å². The molecule has 0 heterocycles. The molecule has 0 radical (unpaired) electrons. The molecular weight excluding hydrogens is 602 g/mol. The van der Waals surface area contributed by atoms with Crippen LogP contribution in [0.15, 0.2) is 105 Å². The molecule has 0 spiro atoms. The number of hydrogen-bond acceptors (Lipinski definition) is 14. The van der Waals surface area contributed by atoms with Gasteiger partial charge in [0, 0.05) is 49.1 Å². The largest absolute Gasteiger partial charge is 0.513 e. The molecule has 0 fully saturated rings.